The van der Waals surface area contributed by atoms with Crippen LogP contribution in [-0.2, 0) is 6.54 Å². The first kappa shape index (κ1) is 18.0. The van der Waals surface area contributed by atoms with Crippen LogP contribution in [0.15, 0.2) is 60.7 Å². The number of hydrogen-bond acceptors (Lipinski definition) is 3. The Morgan fingerprint density at radius 1 is 0.926 bits per heavy atom. The highest BCUT2D eigenvalue weighted by Crippen LogP contribution is 2.16. The van der Waals surface area contributed by atoms with E-state index in [0.29, 0.717) is 5.69 Å². The molecule has 0 spiro atoms. The van der Waals surface area contributed by atoms with Gasteiger partial charge in [0, 0.05) is 43.1 Å². The molecule has 0 aliphatic carbocycles. The molecule has 1 fully saturated rings. The molecule has 0 N–H and O–H groups in total. The number of pyridine rings is 1. The summed E-state index contributed by atoms with van der Waals surface area (Å²) in [5.74, 6) is 0.0223. The van der Waals surface area contributed by atoms with E-state index >= 15 is 0 Å². The number of carbonyl (C=O) groups excluding carboxylic acids is 1. The second kappa shape index (κ2) is 8.07. The Balaban J connectivity index is 1.42. The standard InChI is InChI=1S/C22H22ClN3O/c23-19-9-6-17(7-10-19)16-25-12-3-13-26(15-14-25)22(27)21-11-8-18-4-1-2-5-20(18)24-21/h1-2,4-11H,3,12-16H2. The van der Waals surface area contributed by atoms with Crippen LogP contribution in [0.1, 0.15) is 22.5 Å². The second-order valence-corrected chi connectivity index (χ2v) is 7.37. The number of amides is 1. The lowest BCUT2D eigenvalue weighted by molar-refractivity contribution is 0.0755. The van der Waals surface area contributed by atoms with Gasteiger partial charge < -0.3 is 4.90 Å². The number of hydrogen-bond donors (Lipinski definition) is 0. The molecule has 0 atom stereocenters. The molecule has 2 aromatic carbocycles. The fraction of sp³-hybridized carbons (Fsp3) is 0.273. The van der Waals surface area contributed by atoms with Crippen LogP contribution < -0.4 is 0 Å². The number of halogens is 1. The van der Waals surface area contributed by atoms with Crippen LogP contribution in [-0.4, -0.2) is 46.9 Å². The summed E-state index contributed by atoms with van der Waals surface area (Å²) >= 11 is 5.97. The van der Waals surface area contributed by atoms with Gasteiger partial charge in [0.2, 0.25) is 0 Å². The number of rotatable bonds is 3. The van der Waals surface area contributed by atoms with Gasteiger partial charge in [0.1, 0.15) is 5.69 Å². The van der Waals surface area contributed by atoms with Crippen molar-refractivity contribution < 1.29 is 4.79 Å². The number of aromatic nitrogens is 1. The van der Waals surface area contributed by atoms with Gasteiger partial charge in [0.15, 0.2) is 0 Å². The van der Waals surface area contributed by atoms with Gasteiger partial charge in [0.25, 0.3) is 5.91 Å². The summed E-state index contributed by atoms with van der Waals surface area (Å²) in [5.41, 5.74) is 2.64. The summed E-state index contributed by atoms with van der Waals surface area (Å²) < 4.78 is 0. The Morgan fingerprint density at radius 2 is 1.74 bits per heavy atom. The molecule has 2 heterocycles. The van der Waals surface area contributed by atoms with E-state index in [2.05, 4.69) is 22.0 Å². The van der Waals surface area contributed by atoms with E-state index in [1.807, 2.05) is 53.4 Å². The molecule has 27 heavy (non-hydrogen) atoms. The van der Waals surface area contributed by atoms with E-state index in [1.54, 1.807) is 0 Å². The van der Waals surface area contributed by atoms with Gasteiger partial charge in [0.05, 0.1) is 5.52 Å². The maximum Gasteiger partial charge on any atom is 0.272 e. The maximum absolute atomic E-state index is 12.9. The molecule has 3 aromatic rings. The van der Waals surface area contributed by atoms with Gasteiger partial charge >= 0.3 is 0 Å². The Kier molecular flexibility index (Phi) is 5.37. The zero-order valence-electron chi connectivity index (χ0n) is 15.1. The molecule has 5 heteroatoms. The Labute approximate surface area is 164 Å². The summed E-state index contributed by atoms with van der Waals surface area (Å²) in [6.45, 7) is 4.22. The second-order valence-electron chi connectivity index (χ2n) is 6.94. The fourth-order valence-corrected chi connectivity index (χ4v) is 3.65. The predicted octanol–water partition coefficient (Wildman–Crippen LogP) is 4.24. The van der Waals surface area contributed by atoms with E-state index in [9.17, 15) is 4.79 Å². The molecule has 1 saturated heterocycles. The molecular formula is C22H22ClN3O. The maximum atomic E-state index is 12.9. The highest BCUT2D eigenvalue weighted by molar-refractivity contribution is 6.30. The third-order valence-corrected chi connectivity index (χ3v) is 5.26. The van der Waals surface area contributed by atoms with Gasteiger partial charge in [-0.2, -0.15) is 0 Å². The van der Waals surface area contributed by atoms with Crippen molar-refractivity contribution in [2.75, 3.05) is 26.2 Å². The van der Waals surface area contributed by atoms with E-state index in [4.69, 9.17) is 11.6 Å². The Hall–Kier alpha value is -2.43. The number of nitrogens with zero attached hydrogens (tertiary/aromatic N) is 3. The van der Waals surface area contributed by atoms with Crippen LogP contribution in [0.5, 0.6) is 0 Å². The minimum atomic E-state index is 0.0223. The molecule has 0 bridgehead atoms. The lowest BCUT2D eigenvalue weighted by Gasteiger charge is -2.22. The van der Waals surface area contributed by atoms with E-state index in [-0.39, 0.29) is 5.91 Å². The topological polar surface area (TPSA) is 36.4 Å². The van der Waals surface area contributed by atoms with E-state index < -0.39 is 0 Å². The number of carbonyl (C=O) groups is 1. The summed E-state index contributed by atoms with van der Waals surface area (Å²) in [6, 6.07) is 19.7. The van der Waals surface area contributed by atoms with Crippen LogP contribution in [0, 0.1) is 0 Å². The van der Waals surface area contributed by atoms with Gasteiger partial charge in [-0.1, -0.05) is 48.0 Å². The minimum Gasteiger partial charge on any atom is -0.336 e. The Bertz CT molecular complexity index is 942. The smallest absolute Gasteiger partial charge is 0.272 e. The number of fused-ring (bicyclic) bond motifs is 1. The van der Waals surface area contributed by atoms with Gasteiger partial charge in [-0.15, -0.1) is 0 Å². The molecule has 1 amide bonds. The Morgan fingerprint density at radius 3 is 2.59 bits per heavy atom. The van der Waals surface area contributed by atoms with Crippen molar-refractivity contribution in [1.82, 2.24) is 14.8 Å². The third-order valence-electron chi connectivity index (χ3n) is 5.01. The first-order valence-electron chi connectivity index (χ1n) is 9.31. The van der Waals surface area contributed by atoms with Crippen molar-refractivity contribution in [3.05, 3.63) is 76.9 Å². The molecule has 1 aromatic heterocycles. The molecule has 0 unspecified atom stereocenters. The SMILES string of the molecule is O=C(c1ccc2ccccc2n1)N1CCCN(Cc2ccc(Cl)cc2)CC1. The fourth-order valence-electron chi connectivity index (χ4n) is 3.53. The lowest BCUT2D eigenvalue weighted by Crippen LogP contribution is -2.35. The summed E-state index contributed by atoms with van der Waals surface area (Å²) in [7, 11) is 0. The van der Waals surface area contributed by atoms with Crippen LogP contribution in [0.2, 0.25) is 5.02 Å². The summed E-state index contributed by atoms with van der Waals surface area (Å²) in [4.78, 5) is 21.8. The monoisotopic (exact) mass is 379 g/mol. The number of benzene rings is 2. The lowest BCUT2D eigenvalue weighted by atomic mass is 10.2. The average molecular weight is 380 g/mol. The molecule has 1 aliphatic heterocycles. The van der Waals surface area contributed by atoms with Crippen molar-refractivity contribution in [2.45, 2.75) is 13.0 Å². The van der Waals surface area contributed by atoms with Gasteiger partial charge in [-0.25, -0.2) is 4.98 Å². The van der Waals surface area contributed by atoms with Crippen molar-refractivity contribution in [3.63, 3.8) is 0 Å². The summed E-state index contributed by atoms with van der Waals surface area (Å²) in [5, 5.41) is 1.81. The first-order chi connectivity index (χ1) is 13.2. The van der Waals surface area contributed by atoms with Crippen LogP contribution >= 0.6 is 11.6 Å². The summed E-state index contributed by atoms with van der Waals surface area (Å²) in [6.07, 6.45) is 0.965. The largest absolute Gasteiger partial charge is 0.336 e. The van der Waals surface area contributed by atoms with Gasteiger partial charge in [-0.3, -0.25) is 9.69 Å². The third kappa shape index (κ3) is 4.29. The van der Waals surface area contributed by atoms with E-state index in [0.717, 1.165) is 55.1 Å². The van der Waals surface area contributed by atoms with Crippen LogP contribution in [0.3, 0.4) is 0 Å². The highest BCUT2D eigenvalue weighted by Gasteiger charge is 2.21. The molecule has 0 saturated carbocycles. The predicted molar refractivity (Wildman–Crippen MR) is 109 cm³/mol. The minimum absolute atomic E-state index is 0.0223. The van der Waals surface area contributed by atoms with Crippen molar-refractivity contribution in [2.24, 2.45) is 0 Å². The first-order valence-corrected chi connectivity index (χ1v) is 9.69. The van der Waals surface area contributed by atoms with Crippen molar-refractivity contribution in [3.8, 4) is 0 Å². The van der Waals surface area contributed by atoms with Crippen LogP contribution in [0.4, 0.5) is 0 Å². The zero-order chi connectivity index (χ0) is 18.6. The van der Waals surface area contributed by atoms with E-state index in [1.165, 1.54) is 5.56 Å². The molecular weight excluding hydrogens is 358 g/mol. The van der Waals surface area contributed by atoms with Crippen molar-refractivity contribution in [1.29, 1.82) is 0 Å². The molecule has 4 rings (SSSR count). The molecule has 4 nitrogen and oxygen atoms in total. The molecule has 138 valence electrons. The van der Waals surface area contributed by atoms with Gasteiger partial charge in [-0.05, 0) is 36.2 Å². The molecule has 1 aliphatic rings. The quantitative estimate of drug-likeness (QED) is 0.683. The van der Waals surface area contributed by atoms with Crippen LogP contribution in [0.25, 0.3) is 10.9 Å². The zero-order valence-corrected chi connectivity index (χ0v) is 15.9. The average Bonchev–Trinajstić information content (AvgIpc) is 2.94. The highest BCUT2D eigenvalue weighted by atomic mass is 35.5. The van der Waals surface area contributed by atoms with Crippen molar-refractivity contribution >= 4 is 28.4 Å². The molecule has 0 radical (unpaired) electrons. The normalized spacial score (nSPS) is 15.7. The number of para-hydroxylation sites is 1.